The van der Waals surface area contributed by atoms with Gasteiger partial charge in [-0.05, 0) is 92.4 Å². The molecule has 2 aliphatic rings. The molecule has 2 aliphatic heterocycles. The average Bonchev–Trinajstić information content (AvgIpc) is 3.36. The van der Waals surface area contributed by atoms with E-state index >= 15 is 4.39 Å². The summed E-state index contributed by atoms with van der Waals surface area (Å²) in [6.07, 6.45) is 1.87. The molecule has 8 nitrogen and oxygen atoms in total. The van der Waals surface area contributed by atoms with E-state index < -0.39 is 31.0 Å². The molecule has 6 rings (SSSR count). The summed E-state index contributed by atoms with van der Waals surface area (Å²) in [5, 5.41) is 20.3. The zero-order valence-electron chi connectivity index (χ0n) is 27.2. The Morgan fingerprint density at radius 1 is 1.20 bits per heavy atom. The number of aromatic carboxylic acids is 1. The molecular weight excluding hydrogens is 585 g/mol. The van der Waals surface area contributed by atoms with Crippen LogP contribution in [0.3, 0.4) is 0 Å². The van der Waals surface area contributed by atoms with Crippen LogP contribution in [0.15, 0.2) is 60.7 Å². The number of imidazole rings is 1. The Morgan fingerprint density at radius 2 is 2.02 bits per heavy atom. The van der Waals surface area contributed by atoms with Crippen molar-refractivity contribution in [2.24, 2.45) is 0 Å². The van der Waals surface area contributed by atoms with Crippen molar-refractivity contribution in [1.29, 1.82) is 0 Å². The van der Waals surface area contributed by atoms with Crippen molar-refractivity contribution >= 4 is 34.4 Å². The Morgan fingerprint density at radius 3 is 2.77 bits per heavy atom. The molecule has 0 saturated carbocycles. The number of nitrogens with zero attached hydrogens (tertiary/aromatic N) is 3. The molecule has 4 aromatic rings. The zero-order chi connectivity index (χ0) is 33.5. The number of carbonyl (C=O) groups is 1. The summed E-state index contributed by atoms with van der Waals surface area (Å²) in [5.41, 5.74) is 3.08. The molecule has 1 saturated heterocycles. The van der Waals surface area contributed by atoms with Crippen molar-refractivity contribution in [1.82, 2.24) is 14.5 Å². The number of methoxy groups -OCH3 is 1. The van der Waals surface area contributed by atoms with Crippen LogP contribution in [0.1, 0.15) is 75.2 Å². The number of piperidine rings is 1. The molecule has 44 heavy (non-hydrogen) atoms. The predicted octanol–water partition coefficient (Wildman–Crippen LogP) is 6.99. The van der Waals surface area contributed by atoms with Gasteiger partial charge in [-0.15, -0.1) is 0 Å². The Kier molecular flexibility index (Phi) is 7.58. The molecule has 1 fully saturated rings. The van der Waals surface area contributed by atoms with Crippen LogP contribution < -0.4 is 9.47 Å². The van der Waals surface area contributed by atoms with Crippen LogP contribution in [0.25, 0.3) is 16.9 Å². The molecule has 0 bridgehead atoms. The summed E-state index contributed by atoms with van der Waals surface area (Å²) in [6.45, 7) is 4.17. The van der Waals surface area contributed by atoms with E-state index in [1.165, 1.54) is 18.2 Å². The Labute approximate surface area is 264 Å². The van der Waals surface area contributed by atoms with Crippen molar-refractivity contribution in [3.63, 3.8) is 0 Å². The first-order chi connectivity index (χ1) is 22.4. The minimum Gasteiger partial charge on any atom is -0.496 e. The Balaban J connectivity index is 1.21. The molecule has 1 aromatic heterocycles. The van der Waals surface area contributed by atoms with Crippen molar-refractivity contribution in [2.75, 3.05) is 20.1 Å². The molecule has 0 amide bonds. The van der Waals surface area contributed by atoms with E-state index in [-0.39, 0.29) is 22.3 Å². The normalized spacial score (nSPS) is 19.3. The molecule has 3 heterocycles. The maximum Gasteiger partial charge on any atom is 0.335 e. The molecular formula is C34H35ClFN3O5. The van der Waals surface area contributed by atoms with Crippen molar-refractivity contribution in [3.8, 4) is 11.5 Å². The van der Waals surface area contributed by atoms with Gasteiger partial charge in [-0.2, -0.15) is 0 Å². The molecule has 230 valence electrons. The quantitative estimate of drug-likeness (QED) is 0.208. The molecule has 3 aromatic carbocycles. The summed E-state index contributed by atoms with van der Waals surface area (Å²) in [5.74, 6) is -0.236. The average molecular weight is 623 g/mol. The third kappa shape index (κ3) is 5.92. The summed E-state index contributed by atoms with van der Waals surface area (Å²) in [7, 11) is -2.73. The zero-order valence-corrected chi connectivity index (χ0v) is 24.9. The standard InChI is InChI=1S/C34H35ClFN3O5/c1-3-23(40)18-39-29-15-21(34(41)42)7-10-28(29)37-32(39)19-38-13-11-20(12-14-38)24-5-4-6-25-27(36)17-31(44-33(24)25)26-9-8-22(35)16-30(26)43-2/h4-10,15-17,20,23,31,40H,3,11-14,18-19H2,1-2H3,(H,41,42)/t23-,31?/m0/s1/i2D3. The molecule has 2 N–H and O–H groups in total. The minimum absolute atomic E-state index is 0.00236. The minimum atomic E-state index is -2.73. The lowest BCUT2D eigenvalue weighted by Crippen LogP contribution is -2.34. The maximum atomic E-state index is 15.6. The topological polar surface area (TPSA) is 97.1 Å². The number of aliphatic hydroxyl groups is 1. The first kappa shape index (κ1) is 26.5. The van der Waals surface area contributed by atoms with Gasteiger partial charge in [0, 0.05) is 10.6 Å². The lowest BCUT2D eigenvalue weighted by Gasteiger charge is -2.34. The number of hydrogen-bond acceptors (Lipinski definition) is 6. The number of rotatable bonds is 9. The molecule has 10 heteroatoms. The fraction of sp³-hybridized carbons (Fsp3) is 0.353. The van der Waals surface area contributed by atoms with Crippen molar-refractivity contribution in [2.45, 2.75) is 57.4 Å². The summed E-state index contributed by atoms with van der Waals surface area (Å²) in [4.78, 5) is 18.7. The predicted molar refractivity (Wildman–Crippen MR) is 167 cm³/mol. The lowest BCUT2D eigenvalue weighted by atomic mass is 9.86. The lowest BCUT2D eigenvalue weighted by molar-refractivity contribution is 0.0697. The SMILES string of the molecule is [2H]C([2H])([2H])Oc1cc(Cl)ccc1C1C=C(F)c2cccc(C3CCN(Cc4nc5ccc(C(=O)O)cc5n4C[C@@H](O)CC)CC3)c2O1. The monoisotopic (exact) mass is 622 g/mol. The van der Waals surface area contributed by atoms with Gasteiger partial charge < -0.3 is 24.3 Å². The first-order valence-electron chi connectivity index (χ1n) is 16.2. The Bertz CT molecular complexity index is 1840. The van der Waals surface area contributed by atoms with Gasteiger partial charge in [0.2, 0.25) is 0 Å². The second kappa shape index (κ2) is 12.6. The largest absolute Gasteiger partial charge is 0.496 e. The number of aromatic nitrogens is 2. The molecule has 0 spiro atoms. The summed E-state index contributed by atoms with van der Waals surface area (Å²) in [6, 6.07) is 14.8. The van der Waals surface area contributed by atoms with Gasteiger partial charge in [0.1, 0.15) is 29.3 Å². The number of benzene rings is 3. The van der Waals surface area contributed by atoms with Crippen LogP contribution in [0.4, 0.5) is 4.39 Å². The number of fused-ring (bicyclic) bond motifs is 2. The maximum absolute atomic E-state index is 15.6. The molecule has 0 aliphatic carbocycles. The second-order valence-electron chi connectivity index (χ2n) is 11.3. The number of aliphatic hydroxyl groups excluding tert-OH is 1. The smallest absolute Gasteiger partial charge is 0.335 e. The van der Waals surface area contributed by atoms with Crippen LogP contribution in [0, 0.1) is 0 Å². The van der Waals surface area contributed by atoms with Crippen LogP contribution in [0.5, 0.6) is 11.5 Å². The Hall–Kier alpha value is -3.92. The van der Waals surface area contributed by atoms with Gasteiger partial charge >= 0.3 is 5.97 Å². The van der Waals surface area contributed by atoms with Crippen LogP contribution in [-0.4, -0.2) is 56.9 Å². The highest BCUT2D eigenvalue weighted by molar-refractivity contribution is 6.30. The van der Waals surface area contributed by atoms with Crippen molar-refractivity contribution in [3.05, 3.63) is 93.8 Å². The summed E-state index contributed by atoms with van der Waals surface area (Å²) < 4.78 is 51.8. The fourth-order valence-corrected chi connectivity index (χ4v) is 6.30. The summed E-state index contributed by atoms with van der Waals surface area (Å²) >= 11 is 6.12. The number of likely N-dealkylation sites (tertiary alicyclic amines) is 1. The van der Waals surface area contributed by atoms with E-state index in [1.54, 1.807) is 30.3 Å². The van der Waals surface area contributed by atoms with Gasteiger partial charge in [0.05, 0.1) is 52.5 Å². The van der Waals surface area contributed by atoms with E-state index in [2.05, 4.69) is 4.90 Å². The number of carboxylic acid groups (broad SMARTS) is 1. The van der Waals surface area contributed by atoms with Crippen molar-refractivity contribution < 1.29 is 33.0 Å². The highest BCUT2D eigenvalue weighted by Crippen LogP contribution is 2.46. The molecule has 1 unspecified atom stereocenters. The van der Waals surface area contributed by atoms with E-state index in [0.29, 0.717) is 47.4 Å². The first-order valence-corrected chi connectivity index (χ1v) is 15.1. The van der Waals surface area contributed by atoms with Gasteiger partial charge in [0.25, 0.3) is 0 Å². The van der Waals surface area contributed by atoms with E-state index in [1.807, 2.05) is 23.6 Å². The second-order valence-corrected chi connectivity index (χ2v) is 11.8. The highest BCUT2D eigenvalue weighted by atomic mass is 35.5. The third-order valence-electron chi connectivity index (χ3n) is 8.57. The number of carboxylic acids is 1. The number of para-hydroxylation sites is 1. The number of ether oxygens (including phenoxy) is 2. The van der Waals surface area contributed by atoms with E-state index in [9.17, 15) is 15.0 Å². The van der Waals surface area contributed by atoms with Gasteiger partial charge in [-0.25, -0.2) is 14.2 Å². The molecule has 2 atom stereocenters. The van der Waals surface area contributed by atoms with Gasteiger partial charge in [0.15, 0.2) is 0 Å². The number of hydrogen-bond donors (Lipinski definition) is 2. The molecule has 0 radical (unpaired) electrons. The van der Waals surface area contributed by atoms with E-state index in [4.69, 9.17) is 30.2 Å². The highest BCUT2D eigenvalue weighted by Gasteiger charge is 2.31. The third-order valence-corrected chi connectivity index (χ3v) is 8.80. The number of halogens is 2. The van der Waals surface area contributed by atoms with Crippen LogP contribution in [-0.2, 0) is 13.1 Å². The van der Waals surface area contributed by atoms with Gasteiger partial charge in [-0.3, -0.25) is 4.90 Å². The van der Waals surface area contributed by atoms with Crippen LogP contribution >= 0.6 is 11.6 Å². The van der Waals surface area contributed by atoms with Crippen LogP contribution in [0.2, 0.25) is 5.02 Å². The fourth-order valence-electron chi connectivity index (χ4n) is 6.14. The van der Waals surface area contributed by atoms with E-state index in [0.717, 1.165) is 37.3 Å². The van der Waals surface area contributed by atoms with Gasteiger partial charge in [-0.1, -0.05) is 30.7 Å².